The van der Waals surface area contributed by atoms with Crippen molar-refractivity contribution in [3.8, 4) is 0 Å². The number of aromatic nitrogens is 2. The zero-order valence-electron chi connectivity index (χ0n) is 13.5. The Morgan fingerprint density at radius 2 is 2.00 bits per heavy atom. The Kier molecular flexibility index (Phi) is 4.62. The van der Waals surface area contributed by atoms with Gasteiger partial charge < -0.3 is 5.73 Å². The molecule has 3 rings (SSSR count). The fraction of sp³-hybridized carbons (Fsp3) is 0.812. The molecule has 0 amide bonds. The van der Waals surface area contributed by atoms with Gasteiger partial charge in [-0.15, -0.1) is 0 Å². The van der Waals surface area contributed by atoms with Crippen molar-refractivity contribution in [3.63, 3.8) is 0 Å². The third-order valence-electron chi connectivity index (χ3n) is 5.11. The first-order valence-electron chi connectivity index (χ1n) is 8.39. The molecule has 0 bridgehead atoms. The molecule has 5 nitrogen and oxygen atoms in total. The molecule has 5 heteroatoms. The number of hydrogen-bond acceptors (Lipinski definition) is 4. The molecule has 2 aliphatic rings. The van der Waals surface area contributed by atoms with Gasteiger partial charge in [0.15, 0.2) is 0 Å². The third-order valence-corrected chi connectivity index (χ3v) is 5.11. The molecule has 1 unspecified atom stereocenters. The maximum absolute atomic E-state index is 6.01. The fourth-order valence-electron chi connectivity index (χ4n) is 3.66. The molecule has 2 fully saturated rings. The van der Waals surface area contributed by atoms with Crippen molar-refractivity contribution in [2.24, 2.45) is 12.8 Å². The van der Waals surface area contributed by atoms with Gasteiger partial charge in [-0.25, -0.2) is 0 Å². The molecule has 118 valence electrons. The largest absolute Gasteiger partial charge is 0.328 e. The fourth-order valence-corrected chi connectivity index (χ4v) is 3.66. The first kappa shape index (κ1) is 15.0. The molecule has 0 radical (unpaired) electrons. The zero-order chi connectivity index (χ0) is 14.8. The van der Waals surface area contributed by atoms with Crippen LogP contribution in [0.4, 0.5) is 0 Å². The summed E-state index contributed by atoms with van der Waals surface area (Å²) in [5, 5.41) is 4.55. The molecule has 0 aromatic carbocycles. The Morgan fingerprint density at radius 3 is 2.67 bits per heavy atom. The Hall–Kier alpha value is -0.910. The lowest BCUT2D eigenvalue weighted by Crippen LogP contribution is -2.46. The van der Waals surface area contributed by atoms with Gasteiger partial charge >= 0.3 is 0 Å². The summed E-state index contributed by atoms with van der Waals surface area (Å²) in [4.78, 5) is 5.24. The van der Waals surface area contributed by atoms with E-state index in [9.17, 15) is 0 Å². The van der Waals surface area contributed by atoms with Gasteiger partial charge in [0.25, 0.3) is 0 Å². The number of rotatable bonds is 4. The minimum absolute atomic E-state index is 0.431. The van der Waals surface area contributed by atoms with Gasteiger partial charge in [-0.2, -0.15) is 5.10 Å². The minimum Gasteiger partial charge on any atom is -0.328 e. The first-order valence-corrected chi connectivity index (χ1v) is 8.39. The van der Waals surface area contributed by atoms with Crippen molar-refractivity contribution in [1.29, 1.82) is 0 Å². The predicted octanol–water partition coefficient (Wildman–Crippen LogP) is 0.980. The highest BCUT2D eigenvalue weighted by Crippen LogP contribution is 2.21. The molecule has 2 aliphatic heterocycles. The predicted molar refractivity (Wildman–Crippen MR) is 85.1 cm³/mol. The van der Waals surface area contributed by atoms with Gasteiger partial charge in [-0.3, -0.25) is 14.5 Å². The van der Waals surface area contributed by atoms with Crippen molar-refractivity contribution in [2.75, 3.05) is 26.2 Å². The molecular weight excluding hydrogens is 262 g/mol. The summed E-state index contributed by atoms with van der Waals surface area (Å²) in [5.41, 5.74) is 8.55. The number of nitrogens with zero attached hydrogens (tertiary/aromatic N) is 4. The lowest BCUT2D eigenvalue weighted by atomic mass is 10.0. The second kappa shape index (κ2) is 6.46. The number of aryl methyl sites for hydroxylation is 2. The van der Waals surface area contributed by atoms with Crippen LogP contribution in [0, 0.1) is 0 Å². The average molecular weight is 291 g/mol. The molecule has 1 aromatic rings. The van der Waals surface area contributed by atoms with E-state index in [4.69, 9.17) is 5.73 Å². The van der Waals surface area contributed by atoms with E-state index in [2.05, 4.69) is 34.9 Å². The number of hydrogen-bond donors (Lipinski definition) is 1. The Bertz CT molecular complexity index is 461. The molecule has 2 N–H and O–H groups in total. The summed E-state index contributed by atoms with van der Waals surface area (Å²) in [6.07, 6.45) is 4.65. The second-order valence-corrected chi connectivity index (χ2v) is 6.66. The van der Waals surface area contributed by atoms with Gasteiger partial charge in [0.1, 0.15) is 0 Å². The van der Waals surface area contributed by atoms with E-state index in [1.54, 1.807) is 0 Å². The molecule has 21 heavy (non-hydrogen) atoms. The summed E-state index contributed by atoms with van der Waals surface area (Å²) in [7, 11) is 2.06. The molecule has 0 spiro atoms. The van der Waals surface area contributed by atoms with Crippen molar-refractivity contribution >= 4 is 0 Å². The molecule has 2 saturated heterocycles. The van der Waals surface area contributed by atoms with Crippen molar-refractivity contribution in [2.45, 2.75) is 51.2 Å². The highest BCUT2D eigenvalue weighted by molar-refractivity contribution is 5.10. The van der Waals surface area contributed by atoms with E-state index in [0.29, 0.717) is 6.04 Å². The molecular formula is C16H29N5. The van der Waals surface area contributed by atoms with Crippen LogP contribution in [0.2, 0.25) is 0 Å². The van der Waals surface area contributed by atoms with Crippen LogP contribution in [-0.4, -0.2) is 57.8 Å². The van der Waals surface area contributed by atoms with E-state index < -0.39 is 0 Å². The summed E-state index contributed by atoms with van der Waals surface area (Å²) in [6.45, 7) is 7.98. The van der Waals surface area contributed by atoms with Crippen LogP contribution in [-0.2, 0) is 20.0 Å². The van der Waals surface area contributed by atoms with Gasteiger partial charge in [-0.05, 0) is 44.8 Å². The van der Waals surface area contributed by atoms with Crippen LogP contribution >= 0.6 is 0 Å². The average Bonchev–Trinajstić information content (AvgIpc) is 3.08. The Balaban J connectivity index is 1.53. The summed E-state index contributed by atoms with van der Waals surface area (Å²) >= 11 is 0. The number of likely N-dealkylation sites (tertiary alicyclic amines) is 2. The van der Waals surface area contributed by atoms with E-state index in [-0.39, 0.29) is 0 Å². The normalized spacial score (nSPS) is 25.8. The highest BCUT2D eigenvalue weighted by Gasteiger charge is 2.30. The van der Waals surface area contributed by atoms with Gasteiger partial charge in [0, 0.05) is 38.8 Å². The third kappa shape index (κ3) is 3.47. The monoisotopic (exact) mass is 291 g/mol. The van der Waals surface area contributed by atoms with Crippen molar-refractivity contribution in [3.05, 3.63) is 17.5 Å². The molecule has 0 saturated carbocycles. The smallest absolute Gasteiger partial charge is 0.0625 e. The molecule has 3 heterocycles. The quantitative estimate of drug-likeness (QED) is 0.898. The topological polar surface area (TPSA) is 50.3 Å². The summed E-state index contributed by atoms with van der Waals surface area (Å²) in [5.74, 6) is 0. The molecule has 1 atom stereocenters. The number of piperidine rings is 1. The lowest BCUT2D eigenvalue weighted by Gasteiger charge is -2.34. The SMILES string of the molecule is CCc1cc(CN2CCC(N3CCC(N)CC3)C2)n(C)n1. The maximum Gasteiger partial charge on any atom is 0.0625 e. The van der Waals surface area contributed by atoms with Crippen LogP contribution in [0.3, 0.4) is 0 Å². The van der Waals surface area contributed by atoms with E-state index in [0.717, 1.165) is 31.8 Å². The van der Waals surface area contributed by atoms with E-state index in [1.165, 1.54) is 44.0 Å². The standard InChI is InChI=1S/C16H29N5/c1-3-14-10-16(19(2)18-14)12-20-7-6-15(11-20)21-8-4-13(17)5-9-21/h10,13,15H,3-9,11-12,17H2,1-2H3. The van der Waals surface area contributed by atoms with E-state index in [1.807, 2.05) is 4.68 Å². The lowest BCUT2D eigenvalue weighted by molar-refractivity contribution is 0.151. The van der Waals surface area contributed by atoms with Crippen molar-refractivity contribution < 1.29 is 0 Å². The summed E-state index contributed by atoms with van der Waals surface area (Å²) < 4.78 is 2.05. The maximum atomic E-state index is 6.01. The molecule has 0 aliphatic carbocycles. The Labute approximate surface area is 128 Å². The molecule has 1 aromatic heterocycles. The van der Waals surface area contributed by atoms with E-state index >= 15 is 0 Å². The van der Waals surface area contributed by atoms with Gasteiger partial charge in [0.05, 0.1) is 11.4 Å². The van der Waals surface area contributed by atoms with Crippen molar-refractivity contribution in [1.82, 2.24) is 19.6 Å². The van der Waals surface area contributed by atoms with Crippen LogP contribution in [0.25, 0.3) is 0 Å². The zero-order valence-corrected chi connectivity index (χ0v) is 13.5. The highest BCUT2D eigenvalue weighted by atomic mass is 15.3. The summed E-state index contributed by atoms with van der Waals surface area (Å²) in [6, 6.07) is 3.42. The van der Waals surface area contributed by atoms with Crippen LogP contribution in [0.15, 0.2) is 6.07 Å². The van der Waals surface area contributed by atoms with Gasteiger partial charge in [-0.1, -0.05) is 6.92 Å². The van der Waals surface area contributed by atoms with Crippen LogP contribution < -0.4 is 5.73 Å². The minimum atomic E-state index is 0.431. The van der Waals surface area contributed by atoms with Crippen LogP contribution in [0.5, 0.6) is 0 Å². The first-order chi connectivity index (χ1) is 10.2. The van der Waals surface area contributed by atoms with Crippen LogP contribution in [0.1, 0.15) is 37.6 Å². The van der Waals surface area contributed by atoms with Gasteiger partial charge in [0.2, 0.25) is 0 Å². The second-order valence-electron chi connectivity index (χ2n) is 6.66. The number of nitrogens with two attached hydrogens (primary N) is 1. The Morgan fingerprint density at radius 1 is 1.24 bits per heavy atom.